The van der Waals surface area contributed by atoms with E-state index in [1.807, 2.05) is 0 Å². The van der Waals surface area contributed by atoms with Crippen LogP contribution in [-0.4, -0.2) is 45.5 Å². The zero-order valence-electron chi connectivity index (χ0n) is 19.4. The smallest absolute Gasteiger partial charge is 0.406 e. The van der Waals surface area contributed by atoms with E-state index in [-0.39, 0.29) is 24.1 Å². The lowest BCUT2D eigenvalue weighted by Gasteiger charge is -2.41. The van der Waals surface area contributed by atoms with Gasteiger partial charge in [0, 0.05) is 29.7 Å². The molecule has 0 bridgehead atoms. The number of hydrogen-bond acceptors (Lipinski definition) is 5. The predicted octanol–water partition coefficient (Wildman–Crippen LogP) is 4.95. The van der Waals surface area contributed by atoms with Gasteiger partial charge in [0.1, 0.15) is 17.7 Å². The predicted molar refractivity (Wildman–Crippen MR) is 121 cm³/mol. The Labute approximate surface area is 209 Å². The number of alkyl halides is 6. The van der Waals surface area contributed by atoms with Crippen molar-refractivity contribution in [2.75, 3.05) is 4.90 Å². The molecule has 2 aromatic rings. The number of aromatic nitrogens is 2. The van der Waals surface area contributed by atoms with Gasteiger partial charge in [0.15, 0.2) is 5.54 Å². The van der Waals surface area contributed by atoms with Crippen LogP contribution in [0.25, 0.3) is 0 Å². The highest BCUT2D eigenvalue weighted by Crippen LogP contribution is 2.37. The highest BCUT2D eigenvalue weighted by Gasteiger charge is 2.48. The number of nitrogens with one attached hydrogen (secondary N) is 1. The minimum absolute atomic E-state index is 0.0786. The molecule has 1 saturated carbocycles. The molecular formula is C23H24ClF5N4O3. The van der Waals surface area contributed by atoms with Crippen LogP contribution in [0.1, 0.15) is 45.1 Å². The Bertz CT molecular complexity index is 1060. The second-order valence-corrected chi connectivity index (χ2v) is 9.26. The Morgan fingerprint density at radius 2 is 1.72 bits per heavy atom. The molecule has 0 aliphatic heterocycles. The largest absolute Gasteiger partial charge is 0.573 e. The summed E-state index contributed by atoms with van der Waals surface area (Å²) in [6.45, 7) is 2.78. The summed E-state index contributed by atoms with van der Waals surface area (Å²) in [4.78, 5) is 35.2. The molecule has 1 aromatic heterocycles. The summed E-state index contributed by atoms with van der Waals surface area (Å²) < 4.78 is 70.0. The quantitative estimate of drug-likeness (QED) is 0.401. The lowest BCUT2D eigenvalue weighted by molar-refractivity contribution is -0.274. The van der Waals surface area contributed by atoms with Crippen molar-refractivity contribution in [3.63, 3.8) is 0 Å². The van der Waals surface area contributed by atoms with E-state index in [2.05, 4.69) is 20.0 Å². The minimum Gasteiger partial charge on any atom is -0.406 e. The number of ether oxygens (including phenoxy) is 1. The van der Waals surface area contributed by atoms with E-state index < -0.39 is 46.8 Å². The molecule has 0 saturated heterocycles. The molecular weight excluding hydrogens is 511 g/mol. The van der Waals surface area contributed by atoms with Crippen molar-refractivity contribution in [2.45, 2.75) is 68.8 Å². The Morgan fingerprint density at radius 1 is 1.17 bits per heavy atom. The fraction of sp³-hybridized carbons (Fsp3) is 0.478. The van der Waals surface area contributed by atoms with Crippen LogP contribution in [0, 0.1) is 0 Å². The minimum atomic E-state index is -4.96. The monoisotopic (exact) mass is 534 g/mol. The normalized spacial score (nSPS) is 22.7. The van der Waals surface area contributed by atoms with Crippen LogP contribution >= 0.6 is 11.6 Å². The maximum absolute atomic E-state index is 14.2. The molecule has 1 fully saturated rings. The van der Waals surface area contributed by atoms with E-state index in [4.69, 9.17) is 11.6 Å². The van der Waals surface area contributed by atoms with Crippen molar-refractivity contribution >= 4 is 29.1 Å². The van der Waals surface area contributed by atoms with Gasteiger partial charge in [-0.2, -0.15) is 0 Å². The summed E-state index contributed by atoms with van der Waals surface area (Å²) in [5.41, 5.74) is -6.00. The molecule has 0 spiro atoms. The molecule has 2 amide bonds. The van der Waals surface area contributed by atoms with Crippen molar-refractivity contribution in [2.24, 2.45) is 0 Å². The van der Waals surface area contributed by atoms with Crippen LogP contribution in [0.2, 0.25) is 0 Å². The fourth-order valence-electron chi connectivity index (χ4n) is 4.10. The standard InChI is InChI=1S/C23H24ClF5N4O3/c1-21(26)9-7-15(8-10-21)32-20(35)22(2,14-11-30-13-31-12-14)33(19(34)18(24)25)16-3-5-17(6-4-16)36-23(27,28)29/h3-6,11-13,15,18H,7-10H2,1-2H3,(H,32,35)/t15?,18-,21?,22-/m0/s1. The van der Waals surface area contributed by atoms with Gasteiger partial charge < -0.3 is 10.1 Å². The Kier molecular flexibility index (Phi) is 8.07. The van der Waals surface area contributed by atoms with E-state index in [1.54, 1.807) is 0 Å². The maximum Gasteiger partial charge on any atom is 0.573 e. The number of carbonyl (C=O) groups is 2. The molecule has 3 rings (SSSR count). The second-order valence-electron chi connectivity index (χ2n) is 8.88. The summed E-state index contributed by atoms with van der Waals surface area (Å²) in [5, 5.41) is 2.79. The van der Waals surface area contributed by atoms with Gasteiger partial charge in [-0.15, -0.1) is 13.2 Å². The first-order valence-electron chi connectivity index (χ1n) is 11.0. The van der Waals surface area contributed by atoms with Crippen molar-refractivity contribution in [1.82, 2.24) is 15.3 Å². The highest BCUT2D eigenvalue weighted by molar-refractivity contribution is 6.32. The average Bonchev–Trinajstić information content (AvgIpc) is 2.81. The van der Waals surface area contributed by atoms with Crippen molar-refractivity contribution in [1.29, 1.82) is 0 Å². The molecule has 1 aromatic carbocycles. The molecule has 1 aliphatic rings. The van der Waals surface area contributed by atoms with Crippen molar-refractivity contribution in [3.8, 4) is 5.75 Å². The van der Waals surface area contributed by atoms with Gasteiger partial charge in [-0.3, -0.25) is 14.5 Å². The molecule has 1 N–H and O–H groups in total. The molecule has 13 heteroatoms. The Hall–Kier alpha value is -3.02. The highest BCUT2D eigenvalue weighted by atomic mass is 35.5. The van der Waals surface area contributed by atoms with Crippen LogP contribution < -0.4 is 15.0 Å². The van der Waals surface area contributed by atoms with E-state index in [0.29, 0.717) is 12.8 Å². The van der Waals surface area contributed by atoms with Crippen LogP contribution in [0.3, 0.4) is 0 Å². The summed E-state index contributed by atoms with van der Waals surface area (Å²) in [6, 6.07) is 3.51. The van der Waals surface area contributed by atoms with Crippen molar-refractivity contribution < 1.29 is 36.3 Å². The van der Waals surface area contributed by atoms with Crippen molar-refractivity contribution in [3.05, 3.63) is 48.5 Å². The SMILES string of the molecule is CC1(F)CCC(NC(=O)[C@](C)(c2cncnc2)N(C(=O)[C@H](F)Cl)c2ccc(OC(F)(F)F)cc2)CC1. The first-order valence-corrected chi connectivity index (χ1v) is 11.4. The summed E-state index contributed by atoms with van der Waals surface area (Å²) >= 11 is 5.48. The van der Waals surface area contributed by atoms with Crippen LogP contribution in [0.15, 0.2) is 43.0 Å². The van der Waals surface area contributed by atoms with Gasteiger partial charge in [-0.05, 0) is 63.8 Å². The number of benzene rings is 1. The lowest BCUT2D eigenvalue weighted by Crippen LogP contribution is -2.60. The van der Waals surface area contributed by atoms with Gasteiger partial charge in [0.2, 0.25) is 0 Å². The third kappa shape index (κ3) is 6.40. The first kappa shape index (κ1) is 27.6. The zero-order valence-corrected chi connectivity index (χ0v) is 20.1. The lowest BCUT2D eigenvalue weighted by atomic mass is 9.83. The van der Waals surface area contributed by atoms with E-state index in [1.165, 1.54) is 32.6 Å². The van der Waals surface area contributed by atoms with Crippen LogP contribution in [-0.2, 0) is 15.1 Å². The van der Waals surface area contributed by atoms with Crippen LogP contribution in [0.4, 0.5) is 27.6 Å². The molecule has 1 aliphatic carbocycles. The number of anilines is 1. The summed E-state index contributed by atoms with van der Waals surface area (Å²) in [5.74, 6) is -2.69. The summed E-state index contributed by atoms with van der Waals surface area (Å²) in [6.07, 6.45) is -0.203. The maximum atomic E-state index is 14.2. The number of amides is 2. The molecule has 7 nitrogen and oxygen atoms in total. The molecule has 36 heavy (non-hydrogen) atoms. The molecule has 0 unspecified atom stereocenters. The molecule has 196 valence electrons. The average molecular weight is 535 g/mol. The van der Waals surface area contributed by atoms with Gasteiger partial charge in [0.25, 0.3) is 17.4 Å². The zero-order chi connectivity index (χ0) is 26.7. The number of carbonyl (C=O) groups excluding carboxylic acids is 2. The fourth-order valence-corrected chi connectivity index (χ4v) is 4.20. The first-order chi connectivity index (χ1) is 16.7. The molecule has 0 radical (unpaired) electrons. The van der Waals surface area contributed by atoms with Gasteiger partial charge in [-0.1, -0.05) is 11.6 Å². The Morgan fingerprint density at radius 3 is 2.22 bits per heavy atom. The van der Waals surface area contributed by atoms with E-state index in [0.717, 1.165) is 29.2 Å². The third-order valence-electron chi connectivity index (χ3n) is 6.11. The molecule has 2 atom stereocenters. The third-order valence-corrected chi connectivity index (χ3v) is 6.30. The summed E-state index contributed by atoms with van der Waals surface area (Å²) in [7, 11) is 0. The van der Waals surface area contributed by atoms with Crippen LogP contribution in [0.5, 0.6) is 5.75 Å². The van der Waals surface area contributed by atoms with Gasteiger partial charge in [-0.25, -0.2) is 18.7 Å². The number of rotatable bonds is 7. The second kappa shape index (κ2) is 10.5. The van der Waals surface area contributed by atoms with E-state index in [9.17, 15) is 31.5 Å². The van der Waals surface area contributed by atoms with Gasteiger partial charge in [0.05, 0.1) is 0 Å². The van der Waals surface area contributed by atoms with E-state index >= 15 is 0 Å². The topological polar surface area (TPSA) is 84.4 Å². The Balaban J connectivity index is 2.04. The number of nitrogens with zero attached hydrogens (tertiary/aromatic N) is 3. The number of halogens is 6. The number of hydrogen-bond donors (Lipinski definition) is 1. The van der Waals surface area contributed by atoms with Gasteiger partial charge >= 0.3 is 6.36 Å². The molecule has 1 heterocycles.